The Labute approximate surface area is 107 Å². The third kappa shape index (κ3) is 4.27. The number of aliphatic hydroxyl groups excluding tert-OH is 1. The molecule has 1 aromatic rings. The van der Waals surface area contributed by atoms with Crippen LogP contribution in [0.4, 0.5) is 10.1 Å². The number of aliphatic hydroxyl groups is 1. The minimum Gasteiger partial charge on any atom is -0.389 e. The minimum absolute atomic E-state index is 0.0267. The molecule has 0 aliphatic rings. The van der Waals surface area contributed by atoms with Crippen LogP contribution in [-0.2, 0) is 9.84 Å². The van der Waals surface area contributed by atoms with Crippen molar-refractivity contribution in [1.82, 2.24) is 0 Å². The molecule has 18 heavy (non-hydrogen) atoms. The van der Waals surface area contributed by atoms with Crippen molar-refractivity contribution < 1.29 is 17.9 Å². The second kappa shape index (κ2) is 5.67. The molecule has 1 atom stereocenters. The highest BCUT2D eigenvalue weighted by atomic mass is 32.2. The first-order valence-corrected chi connectivity index (χ1v) is 7.63. The van der Waals surface area contributed by atoms with Crippen LogP contribution in [0.3, 0.4) is 0 Å². The standard InChI is InChI=1S/C12H18FNO3S/c1-9(15)10-4-5-12(11(13)8-10)14(2)6-7-18(3,16)17/h4-5,8-9,15H,6-7H2,1-3H3. The van der Waals surface area contributed by atoms with E-state index in [1.165, 1.54) is 6.07 Å². The van der Waals surface area contributed by atoms with Crippen LogP contribution in [0, 0.1) is 5.82 Å². The van der Waals surface area contributed by atoms with Crippen LogP contribution in [0.25, 0.3) is 0 Å². The Bertz CT molecular complexity index is 514. The van der Waals surface area contributed by atoms with Crippen molar-refractivity contribution in [2.75, 3.05) is 30.5 Å². The van der Waals surface area contributed by atoms with Crippen LogP contribution in [0.1, 0.15) is 18.6 Å². The Balaban J connectivity index is 2.84. The molecule has 0 bridgehead atoms. The van der Waals surface area contributed by atoms with Crippen molar-refractivity contribution in [3.05, 3.63) is 29.6 Å². The number of anilines is 1. The van der Waals surface area contributed by atoms with Gasteiger partial charge < -0.3 is 10.0 Å². The van der Waals surface area contributed by atoms with Gasteiger partial charge in [0.25, 0.3) is 0 Å². The van der Waals surface area contributed by atoms with Gasteiger partial charge >= 0.3 is 0 Å². The molecule has 0 spiro atoms. The van der Waals surface area contributed by atoms with E-state index in [4.69, 9.17) is 0 Å². The molecule has 0 heterocycles. The van der Waals surface area contributed by atoms with Gasteiger partial charge in [-0.2, -0.15) is 0 Å². The lowest BCUT2D eigenvalue weighted by atomic mass is 10.1. The van der Waals surface area contributed by atoms with Gasteiger partial charge in [0.2, 0.25) is 0 Å². The van der Waals surface area contributed by atoms with Gasteiger partial charge in [-0.15, -0.1) is 0 Å². The molecule has 0 aliphatic carbocycles. The zero-order valence-electron chi connectivity index (χ0n) is 10.7. The molecule has 0 saturated carbocycles. The Morgan fingerprint density at radius 1 is 1.44 bits per heavy atom. The third-order valence-electron chi connectivity index (χ3n) is 2.66. The van der Waals surface area contributed by atoms with E-state index < -0.39 is 21.8 Å². The van der Waals surface area contributed by atoms with Crippen LogP contribution in [0.15, 0.2) is 18.2 Å². The predicted molar refractivity (Wildman–Crippen MR) is 70.0 cm³/mol. The zero-order valence-corrected chi connectivity index (χ0v) is 11.5. The van der Waals surface area contributed by atoms with Gasteiger partial charge in [0.15, 0.2) is 0 Å². The van der Waals surface area contributed by atoms with E-state index in [9.17, 15) is 17.9 Å². The third-order valence-corrected chi connectivity index (χ3v) is 3.59. The number of hydrogen-bond donors (Lipinski definition) is 1. The van der Waals surface area contributed by atoms with Gasteiger partial charge in [-0.3, -0.25) is 0 Å². The highest BCUT2D eigenvalue weighted by molar-refractivity contribution is 7.90. The number of nitrogens with zero attached hydrogens (tertiary/aromatic N) is 1. The molecule has 0 amide bonds. The summed E-state index contributed by atoms with van der Waals surface area (Å²) >= 11 is 0. The van der Waals surface area contributed by atoms with E-state index in [-0.39, 0.29) is 12.3 Å². The first-order valence-electron chi connectivity index (χ1n) is 5.57. The van der Waals surface area contributed by atoms with E-state index in [0.717, 1.165) is 6.26 Å². The lowest BCUT2D eigenvalue weighted by Crippen LogP contribution is -2.25. The van der Waals surface area contributed by atoms with Crippen LogP contribution < -0.4 is 4.90 Å². The maximum Gasteiger partial charge on any atom is 0.149 e. The van der Waals surface area contributed by atoms with Crippen molar-refractivity contribution in [2.45, 2.75) is 13.0 Å². The van der Waals surface area contributed by atoms with Crippen LogP contribution >= 0.6 is 0 Å². The summed E-state index contributed by atoms with van der Waals surface area (Å²) in [5, 5.41) is 9.33. The SMILES string of the molecule is CC(O)c1ccc(N(C)CCS(C)(=O)=O)c(F)c1. The summed E-state index contributed by atoms with van der Waals surface area (Å²) in [6, 6.07) is 4.43. The molecule has 0 aromatic heterocycles. The topological polar surface area (TPSA) is 57.6 Å². The van der Waals surface area contributed by atoms with Gasteiger partial charge in [0.05, 0.1) is 17.5 Å². The van der Waals surface area contributed by atoms with Crippen molar-refractivity contribution in [2.24, 2.45) is 0 Å². The van der Waals surface area contributed by atoms with E-state index >= 15 is 0 Å². The lowest BCUT2D eigenvalue weighted by Gasteiger charge is -2.20. The lowest BCUT2D eigenvalue weighted by molar-refractivity contribution is 0.199. The van der Waals surface area contributed by atoms with Crippen LogP contribution in [0.2, 0.25) is 0 Å². The smallest absolute Gasteiger partial charge is 0.149 e. The summed E-state index contributed by atoms with van der Waals surface area (Å²) in [6.45, 7) is 1.78. The monoisotopic (exact) mass is 275 g/mol. The van der Waals surface area contributed by atoms with Gasteiger partial charge in [-0.05, 0) is 24.6 Å². The predicted octanol–water partition coefficient (Wildman–Crippen LogP) is 1.36. The van der Waals surface area contributed by atoms with Crippen LogP contribution in [0.5, 0.6) is 0 Å². The Kier molecular flexibility index (Phi) is 4.70. The second-order valence-corrected chi connectivity index (χ2v) is 6.70. The second-order valence-electron chi connectivity index (χ2n) is 4.44. The van der Waals surface area contributed by atoms with Crippen molar-refractivity contribution in [1.29, 1.82) is 0 Å². The van der Waals surface area contributed by atoms with E-state index in [1.807, 2.05) is 0 Å². The molecule has 1 unspecified atom stereocenters. The summed E-state index contributed by atoms with van der Waals surface area (Å²) < 4.78 is 35.9. The highest BCUT2D eigenvalue weighted by Crippen LogP contribution is 2.22. The van der Waals surface area contributed by atoms with Crippen molar-refractivity contribution >= 4 is 15.5 Å². The number of benzene rings is 1. The van der Waals surface area contributed by atoms with E-state index in [2.05, 4.69) is 0 Å². The fourth-order valence-electron chi connectivity index (χ4n) is 1.52. The molecular weight excluding hydrogens is 257 g/mol. The summed E-state index contributed by atoms with van der Waals surface area (Å²) in [5.41, 5.74) is 0.816. The zero-order chi connectivity index (χ0) is 13.9. The Hall–Kier alpha value is -1.14. The fraction of sp³-hybridized carbons (Fsp3) is 0.500. The van der Waals surface area contributed by atoms with Gasteiger partial charge in [0, 0.05) is 19.8 Å². The average molecular weight is 275 g/mol. The first kappa shape index (κ1) is 14.9. The first-order chi connectivity index (χ1) is 8.20. The molecule has 6 heteroatoms. The molecule has 0 saturated heterocycles. The number of rotatable bonds is 5. The van der Waals surface area contributed by atoms with E-state index in [0.29, 0.717) is 11.3 Å². The van der Waals surface area contributed by atoms with Crippen LogP contribution in [-0.4, -0.2) is 39.1 Å². The Morgan fingerprint density at radius 3 is 2.50 bits per heavy atom. The number of sulfone groups is 1. The molecule has 1 N–H and O–H groups in total. The summed E-state index contributed by atoms with van der Waals surface area (Å²) in [6.07, 6.45) is 0.420. The van der Waals surface area contributed by atoms with Gasteiger partial charge in [-0.25, -0.2) is 12.8 Å². The van der Waals surface area contributed by atoms with Gasteiger partial charge in [-0.1, -0.05) is 6.07 Å². The molecule has 0 fully saturated rings. The van der Waals surface area contributed by atoms with E-state index in [1.54, 1.807) is 31.0 Å². The molecule has 4 nitrogen and oxygen atoms in total. The number of hydrogen-bond acceptors (Lipinski definition) is 4. The minimum atomic E-state index is -3.07. The maximum atomic E-state index is 13.8. The fourth-order valence-corrected chi connectivity index (χ4v) is 2.12. The Morgan fingerprint density at radius 2 is 2.06 bits per heavy atom. The summed E-state index contributed by atoms with van der Waals surface area (Å²) in [4.78, 5) is 1.54. The molecule has 102 valence electrons. The highest BCUT2D eigenvalue weighted by Gasteiger charge is 2.12. The van der Waals surface area contributed by atoms with Crippen molar-refractivity contribution in [3.8, 4) is 0 Å². The molecule has 1 aromatic carbocycles. The summed E-state index contributed by atoms with van der Waals surface area (Å²) in [7, 11) is -1.44. The molecule has 1 rings (SSSR count). The normalized spacial score (nSPS) is 13.4. The quantitative estimate of drug-likeness (QED) is 0.881. The summed E-state index contributed by atoms with van der Waals surface area (Å²) in [5.74, 6) is -0.495. The molecular formula is C12H18FNO3S. The average Bonchev–Trinajstić information content (AvgIpc) is 2.24. The maximum absolute atomic E-state index is 13.8. The molecule has 0 aliphatic heterocycles. The van der Waals surface area contributed by atoms with Gasteiger partial charge in [0.1, 0.15) is 15.7 Å². The molecule has 0 radical (unpaired) electrons. The van der Waals surface area contributed by atoms with Crippen molar-refractivity contribution in [3.63, 3.8) is 0 Å². The number of halogens is 1. The largest absolute Gasteiger partial charge is 0.389 e.